The Hall–Kier alpha value is -0.930. The van der Waals surface area contributed by atoms with Crippen LogP contribution in [0.5, 0.6) is 0 Å². The fourth-order valence-corrected chi connectivity index (χ4v) is 2.35. The van der Waals surface area contributed by atoms with E-state index in [1.165, 1.54) is 0 Å². The number of nitrogens with two attached hydrogens (primary N) is 1. The molecule has 4 heteroatoms. The van der Waals surface area contributed by atoms with Crippen LogP contribution < -0.4 is 10.6 Å². The zero-order chi connectivity index (χ0) is 11.7. The van der Waals surface area contributed by atoms with Crippen molar-refractivity contribution in [3.05, 3.63) is 23.2 Å². The van der Waals surface area contributed by atoms with Crippen molar-refractivity contribution >= 4 is 23.0 Å². The zero-order valence-electron chi connectivity index (χ0n) is 9.36. The second kappa shape index (κ2) is 4.52. The molecule has 88 valence electrons. The minimum Gasteiger partial charge on any atom is -0.397 e. The highest BCUT2D eigenvalue weighted by Crippen LogP contribution is 2.30. The fraction of sp³-hybridized carbons (Fsp3) is 0.500. The molecule has 2 atom stereocenters. The maximum Gasteiger partial charge on any atom is 0.0601 e. The van der Waals surface area contributed by atoms with E-state index < -0.39 is 0 Å². The number of hydrogen-bond donors (Lipinski definition) is 2. The van der Waals surface area contributed by atoms with Crippen LogP contribution in [0.1, 0.15) is 13.3 Å². The van der Waals surface area contributed by atoms with Gasteiger partial charge in [0.1, 0.15) is 0 Å². The van der Waals surface area contributed by atoms with E-state index in [-0.39, 0.29) is 12.0 Å². The summed E-state index contributed by atoms with van der Waals surface area (Å²) in [5.41, 5.74) is 7.67. The van der Waals surface area contributed by atoms with Gasteiger partial charge in [-0.1, -0.05) is 18.5 Å². The Labute approximate surface area is 101 Å². The van der Waals surface area contributed by atoms with Crippen molar-refractivity contribution < 1.29 is 5.11 Å². The summed E-state index contributed by atoms with van der Waals surface area (Å²) in [4.78, 5) is 2.21. The summed E-state index contributed by atoms with van der Waals surface area (Å²) in [6.45, 7) is 3.74. The van der Waals surface area contributed by atoms with E-state index in [1.54, 1.807) is 6.07 Å². The number of hydrogen-bond acceptors (Lipinski definition) is 3. The van der Waals surface area contributed by atoms with E-state index in [9.17, 15) is 5.11 Å². The van der Waals surface area contributed by atoms with Crippen LogP contribution in [0.25, 0.3) is 0 Å². The van der Waals surface area contributed by atoms with Crippen LogP contribution in [0.3, 0.4) is 0 Å². The lowest BCUT2D eigenvalue weighted by Gasteiger charge is -2.36. The number of nitrogens with zero attached hydrogens (tertiary/aromatic N) is 1. The second-order valence-electron chi connectivity index (χ2n) is 4.48. The highest BCUT2D eigenvalue weighted by Gasteiger charge is 2.25. The topological polar surface area (TPSA) is 49.5 Å². The van der Waals surface area contributed by atoms with E-state index >= 15 is 0 Å². The molecule has 0 spiro atoms. The summed E-state index contributed by atoms with van der Waals surface area (Å²) < 4.78 is 0. The highest BCUT2D eigenvalue weighted by molar-refractivity contribution is 6.31. The summed E-state index contributed by atoms with van der Waals surface area (Å²) in [6.07, 6.45) is 0.605. The molecule has 16 heavy (non-hydrogen) atoms. The van der Waals surface area contributed by atoms with Crippen LogP contribution in [0.2, 0.25) is 5.02 Å². The van der Waals surface area contributed by atoms with Gasteiger partial charge in [-0.25, -0.2) is 0 Å². The van der Waals surface area contributed by atoms with Crippen LogP contribution in [0.15, 0.2) is 18.2 Å². The molecule has 3 N–H and O–H groups in total. The van der Waals surface area contributed by atoms with E-state index in [0.29, 0.717) is 10.7 Å². The maximum absolute atomic E-state index is 9.68. The summed E-state index contributed by atoms with van der Waals surface area (Å²) in [7, 11) is 0. The minimum absolute atomic E-state index is 0.190. The van der Waals surface area contributed by atoms with Gasteiger partial charge in [0.25, 0.3) is 0 Å². The maximum atomic E-state index is 9.68. The molecule has 1 aromatic rings. The number of anilines is 2. The lowest BCUT2D eigenvalue weighted by molar-refractivity contribution is 0.0971. The molecule has 1 heterocycles. The minimum atomic E-state index is -0.190. The van der Waals surface area contributed by atoms with Crippen LogP contribution in [-0.4, -0.2) is 24.3 Å². The normalized spacial score (nSPS) is 25.8. The third-order valence-corrected chi connectivity index (χ3v) is 3.43. The van der Waals surface area contributed by atoms with Gasteiger partial charge >= 0.3 is 0 Å². The molecule has 0 saturated carbocycles. The number of aliphatic hydroxyl groups excluding tert-OH is 1. The molecule has 0 aromatic heterocycles. The lowest BCUT2D eigenvalue weighted by Crippen LogP contribution is -2.42. The van der Waals surface area contributed by atoms with Crippen LogP contribution in [0.4, 0.5) is 11.4 Å². The van der Waals surface area contributed by atoms with Gasteiger partial charge in [-0.05, 0) is 30.5 Å². The van der Waals surface area contributed by atoms with Crippen LogP contribution in [-0.2, 0) is 0 Å². The summed E-state index contributed by atoms with van der Waals surface area (Å²) in [5, 5.41) is 10.3. The first kappa shape index (κ1) is 11.6. The first-order valence-electron chi connectivity index (χ1n) is 5.56. The molecule has 0 aliphatic carbocycles. The molecule has 1 aliphatic heterocycles. The van der Waals surface area contributed by atoms with Gasteiger partial charge < -0.3 is 15.7 Å². The molecule has 3 nitrogen and oxygen atoms in total. The molecule has 2 unspecified atom stereocenters. The van der Waals surface area contributed by atoms with Gasteiger partial charge in [0, 0.05) is 18.1 Å². The van der Waals surface area contributed by atoms with Crippen molar-refractivity contribution in [2.24, 2.45) is 5.92 Å². The standard InChI is InChI=1S/C12H17ClN2O/c1-8-7-15(5-4-12(8)16)11-3-2-9(13)6-10(11)14/h2-3,6,8,12,16H,4-5,7,14H2,1H3. The average molecular weight is 241 g/mol. The average Bonchev–Trinajstić information content (AvgIpc) is 2.22. The molecule has 0 bridgehead atoms. The number of benzene rings is 1. The van der Waals surface area contributed by atoms with Crippen molar-refractivity contribution in [2.45, 2.75) is 19.4 Å². The smallest absolute Gasteiger partial charge is 0.0601 e. The number of rotatable bonds is 1. The SMILES string of the molecule is CC1CN(c2ccc(Cl)cc2N)CCC1O. The first-order chi connectivity index (χ1) is 7.58. The van der Waals surface area contributed by atoms with Gasteiger partial charge in [0.05, 0.1) is 17.5 Å². The first-order valence-corrected chi connectivity index (χ1v) is 5.94. The Bertz CT molecular complexity index is 383. The summed E-state index contributed by atoms with van der Waals surface area (Å²) in [6, 6.07) is 5.57. The number of halogens is 1. The fourth-order valence-electron chi connectivity index (χ4n) is 2.17. The van der Waals surface area contributed by atoms with Gasteiger partial charge in [-0.3, -0.25) is 0 Å². The Morgan fingerprint density at radius 2 is 2.25 bits per heavy atom. The summed E-state index contributed by atoms with van der Waals surface area (Å²) in [5.74, 6) is 0.281. The van der Waals surface area contributed by atoms with E-state index in [0.717, 1.165) is 25.2 Å². The van der Waals surface area contributed by atoms with Gasteiger partial charge in [-0.15, -0.1) is 0 Å². The summed E-state index contributed by atoms with van der Waals surface area (Å²) >= 11 is 5.87. The second-order valence-corrected chi connectivity index (χ2v) is 4.92. The third kappa shape index (κ3) is 2.25. The Kier molecular flexibility index (Phi) is 3.26. The molecule has 1 saturated heterocycles. The van der Waals surface area contributed by atoms with Crippen LogP contribution >= 0.6 is 11.6 Å². The van der Waals surface area contributed by atoms with Crippen LogP contribution in [0, 0.1) is 5.92 Å². The van der Waals surface area contributed by atoms with Crippen molar-refractivity contribution in [1.29, 1.82) is 0 Å². The Morgan fingerprint density at radius 1 is 1.50 bits per heavy atom. The molecular formula is C12H17ClN2O. The number of aliphatic hydroxyl groups is 1. The van der Waals surface area contributed by atoms with Crippen molar-refractivity contribution in [1.82, 2.24) is 0 Å². The van der Waals surface area contributed by atoms with Crippen molar-refractivity contribution in [2.75, 3.05) is 23.7 Å². The quantitative estimate of drug-likeness (QED) is 0.740. The van der Waals surface area contributed by atoms with E-state index in [1.807, 2.05) is 12.1 Å². The van der Waals surface area contributed by atoms with E-state index in [4.69, 9.17) is 17.3 Å². The van der Waals surface area contributed by atoms with Crippen molar-refractivity contribution in [3.8, 4) is 0 Å². The predicted octanol–water partition coefficient (Wildman–Crippen LogP) is 2.13. The predicted molar refractivity (Wildman–Crippen MR) is 67.9 cm³/mol. The number of piperidine rings is 1. The molecule has 0 amide bonds. The zero-order valence-corrected chi connectivity index (χ0v) is 10.1. The van der Waals surface area contributed by atoms with Crippen molar-refractivity contribution in [3.63, 3.8) is 0 Å². The lowest BCUT2D eigenvalue weighted by atomic mass is 9.96. The molecule has 1 aromatic carbocycles. The molecule has 0 radical (unpaired) electrons. The van der Waals surface area contributed by atoms with Gasteiger partial charge in [-0.2, -0.15) is 0 Å². The highest BCUT2D eigenvalue weighted by atomic mass is 35.5. The van der Waals surface area contributed by atoms with Gasteiger partial charge in [0.15, 0.2) is 0 Å². The molecule has 2 rings (SSSR count). The van der Waals surface area contributed by atoms with Gasteiger partial charge in [0.2, 0.25) is 0 Å². The Morgan fingerprint density at radius 3 is 2.88 bits per heavy atom. The monoisotopic (exact) mass is 240 g/mol. The Balaban J connectivity index is 2.18. The molecule has 1 fully saturated rings. The third-order valence-electron chi connectivity index (χ3n) is 3.19. The largest absolute Gasteiger partial charge is 0.397 e. The molecule has 1 aliphatic rings. The number of nitrogen functional groups attached to an aromatic ring is 1. The molecular weight excluding hydrogens is 224 g/mol. The van der Waals surface area contributed by atoms with E-state index in [2.05, 4.69) is 11.8 Å².